The number of aromatic amines is 1. The zero-order valence-corrected chi connectivity index (χ0v) is 12.9. The molecular formula is C15H28N2O. The summed E-state index contributed by atoms with van der Waals surface area (Å²) in [5.41, 5.74) is 2.08. The Morgan fingerprint density at radius 2 is 1.56 bits per heavy atom. The Morgan fingerprint density at radius 3 is 1.94 bits per heavy atom. The smallest absolute Gasteiger partial charge is 0.270 e. The fourth-order valence-electron chi connectivity index (χ4n) is 2.19. The summed E-state index contributed by atoms with van der Waals surface area (Å²) in [6, 6.07) is 0. The number of hydrogen-bond acceptors (Lipinski definition) is 1. The molecule has 3 heteroatoms. The van der Waals surface area contributed by atoms with E-state index in [1.807, 2.05) is 0 Å². The van der Waals surface area contributed by atoms with Gasteiger partial charge in [0, 0.05) is 11.3 Å². The maximum Gasteiger partial charge on any atom is 0.270 e. The summed E-state index contributed by atoms with van der Waals surface area (Å²) in [6.45, 7) is 14.9. The molecule has 1 heterocycles. The van der Waals surface area contributed by atoms with Gasteiger partial charge in [0.1, 0.15) is 0 Å². The fourth-order valence-corrected chi connectivity index (χ4v) is 2.19. The molecule has 1 aromatic heterocycles. The van der Waals surface area contributed by atoms with Crippen LogP contribution in [-0.4, -0.2) is 9.78 Å². The van der Waals surface area contributed by atoms with Gasteiger partial charge in [-0.25, -0.2) is 4.68 Å². The van der Waals surface area contributed by atoms with Gasteiger partial charge < -0.3 is 0 Å². The number of nitrogens with one attached hydrogen (secondary N) is 1. The SMILES string of the molecule is CC(C)Cc1[nH]n(C(C)(C)C)c(=O)c1CC(C)C. The lowest BCUT2D eigenvalue weighted by Crippen LogP contribution is -2.33. The molecular weight excluding hydrogens is 224 g/mol. The van der Waals surface area contributed by atoms with Crippen molar-refractivity contribution in [3.8, 4) is 0 Å². The van der Waals surface area contributed by atoms with Gasteiger partial charge in [0.15, 0.2) is 0 Å². The summed E-state index contributed by atoms with van der Waals surface area (Å²) >= 11 is 0. The molecule has 0 spiro atoms. The largest absolute Gasteiger partial charge is 0.299 e. The van der Waals surface area contributed by atoms with Gasteiger partial charge >= 0.3 is 0 Å². The molecule has 1 aromatic rings. The highest BCUT2D eigenvalue weighted by atomic mass is 16.1. The van der Waals surface area contributed by atoms with Gasteiger partial charge in [0.05, 0.1) is 5.54 Å². The van der Waals surface area contributed by atoms with Crippen molar-refractivity contribution in [3.63, 3.8) is 0 Å². The Balaban J connectivity index is 3.27. The second kappa shape index (κ2) is 5.33. The zero-order chi connectivity index (χ0) is 14.1. The minimum absolute atomic E-state index is 0.159. The minimum atomic E-state index is -0.182. The standard InChI is InChI=1S/C15H28N2O/c1-10(2)8-12-13(9-11(3)4)16-17(14(12)18)15(5,6)7/h10-11,16H,8-9H2,1-7H3. The molecule has 0 aliphatic heterocycles. The first-order valence-corrected chi connectivity index (χ1v) is 6.96. The molecule has 18 heavy (non-hydrogen) atoms. The lowest BCUT2D eigenvalue weighted by Gasteiger charge is -2.19. The average Bonchev–Trinajstić information content (AvgIpc) is 2.43. The molecule has 0 aromatic carbocycles. The van der Waals surface area contributed by atoms with Gasteiger partial charge in [0.25, 0.3) is 5.56 Å². The van der Waals surface area contributed by atoms with E-state index >= 15 is 0 Å². The van der Waals surface area contributed by atoms with Crippen LogP contribution in [0, 0.1) is 11.8 Å². The molecule has 1 N–H and O–H groups in total. The third-order valence-corrected chi connectivity index (χ3v) is 2.97. The lowest BCUT2D eigenvalue weighted by molar-refractivity contribution is 0.342. The molecule has 0 fully saturated rings. The van der Waals surface area contributed by atoms with Crippen molar-refractivity contribution in [1.82, 2.24) is 9.78 Å². The van der Waals surface area contributed by atoms with E-state index in [-0.39, 0.29) is 11.1 Å². The van der Waals surface area contributed by atoms with Gasteiger partial charge in [0.2, 0.25) is 0 Å². The maximum absolute atomic E-state index is 12.5. The number of aromatic nitrogens is 2. The topological polar surface area (TPSA) is 37.8 Å². The van der Waals surface area contributed by atoms with E-state index in [1.54, 1.807) is 4.68 Å². The Labute approximate surface area is 111 Å². The Morgan fingerprint density at radius 1 is 1.06 bits per heavy atom. The van der Waals surface area contributed by atoms with E-state index in [0.717, 1.165) is 24.1 Å². The number of nitrogens with zero attached hydrogens (tertiary/aromatic N) is 1. The monoisotopic (exact) mass is 252 g/mol. The van der Waals surface area contributed by atoms with Crippen LogP contribution in [0.4, 0.5) is 0 Å². The predicted molar refractivity (Wildman–Crippen MR) is 77.1 cm³/mol. The maximum atomic E-state index is 12.5. The van der Waals surface area contributed by atoms with Gasteiger partial charge in [-0.15, -0.1) is 0 Å². The molecule has 0 saturated heterocycles. The molecule has 0 saturated carbocycles. The summed E-state index contributed by atoms with van der Waals surface area (Å²) in [5, 5.41) is 3.33. The van der Waals surface area contributed by atoms with Crippen LogP contribution in [0.5, 0.6) is 0 Å². The molecule has 1 rings (SSSR count). The van der Waals surface area contributed by atoms with Gasteiger partial charge in [-0.05, 0) is 45.4 Å². The quantitative estimate of drug-likeness (QED) is 0.877. The normalized spacial score (nSPS) is 12.7. The molecule has 3 nitrogen and oxygen atoms in total. The van der Waals surface area contributed by atoms with Crippen molar-refractivity contribution in [1.29, 1.82) is 0 Å². The number of H-pyrrole nitrogens is 1. The summed E-state index contributed by atoms with van der Waals surface area (Å²) in [7, 11) is 0. The van der Waals surface area contributed by atoms with Crippen molar-refractivity contribution in [2.75, 3.05) is 0 Å². The zero-order valence-electron chi connectivity index (χ0n) is 12.9. The molecule has 0 bridgehead atoms. The summed E-state index contributed by atoms with van der Waals surface area (Å²) in [4.78, 5) is 12.5. The van der Waals surface area contributed by atoms with Crippen LogP contribution in [0.1, 0.15) is 59.7 Å². The Hall–Kier alpha value is -0.990. The van der Waals surface area contributed by atoms with E-state index < -0.39 is 0 Å². The molecule has 0 unspecified atom stereocenters. The Kier molecular flexibility index (Phi) is 4.46. The highest BCUT2D eigenvalue weighted by Gasteiger charge is 2.22. The van der Waals surface area contributed by atoms with E-state index in [1.165, 1.54) is 0 Å². The van der Waals surface area contributed by atoms with E-state index in [9.17, 15) is 4.79 Å². The predicted octanol–water partition coefficient (Wildman–Crippen LogP) is 3.33. The molecule has 0 aliphatic carbocycles. The van der Waals surface area contributed by atoms with Crippen LogP contribution in [0.3, 0.4) is 0 Å². The average molecular weight is 252 g/mol. The van der Waals surface area contributed by atoms with Crippen molar-refractivity contribution >= 4 is 0 Å². The van der Waals surface area contributed by atoms with Gasteiger partial charge in [-0.1, -0.05) is 27.7 Å². The first-order valence-electron chi connectivity index (χ1n) is 6.96. The molecule has 0 aliphatic rings. The minimum Gasteiger partial charge on any atom is -0.299 e. The highest BCUT2D eigenvalue weighted by molar-refractivity contribution is 5.19. The molecule has 0 amide bonds. The summed E-state index contributed by atoms with van der Waals surface area (Å²) < 4.78 is 1.78. The van der Waals surface area contributed by atoms with E-state index in [2.05, 4.69) is 53.6 Å². The summed E-state index contributed by atoms with van der Waals surface area (Å²) in [5.74, 6) is 1.07. The first kappa shape index (κ1) is 15.1. The molecule has 104 valence electrons. The second-order valence-electron chi connectivity index (χ2n) is 7.08. The van der Waals surface area contributed by atoms with Crippen molar-refractivity contribution < 1.29 is 0 Å². The lowest BCUT2D eigenvalue weighted by atomic mass is 9.99. The van der Waals surface area contributed by atoms with Crippen molar-refractivity contribution in [2.24, 2.45) is 11.8 Å². The summed E-state index contributed by atoms with van der Waals surface area (Å²) in [6.07, 6.45) is 1.81. The second-order valence-corrected chi connectivity index (χ2v) is 7.08. The molecule has 0 atom stereocenters. The van der Waals surface area contributed by atoms with Gasteiger partial charge in [-0.3, -0.25) is 9.89 Å². The Bertz CT molecular complexity index is 444. The van der Waals surface area contributed by atoms with Crippen molar-refractivity contribution in [2.45, 2.75) is 66.8 Å². The van der Waals surface area contributed by atoms with Crippen LogP contribution < -0.4 is 5.56 Å². The van der Waals surface area contributed by atoms with E-state index in [0.29, 0.717) is 11.8 Å². The third-order valence-electron chi connectivity index (χ3n) is 2.97. The van der Waals surface area contributed by atoms with Crippen LogP contribution in [0.15, 0.2) is 4.79 Å². The van der Waals surface area contributed by atoms with Crippen LogP contribution in [-0.2, 0) is 18.4 Å². The molecule has 0 radical (unpaired) electrons. The van der Waals surface area contributed by atoms with Crippen LogP contribution in [0.25, 0.3) is 0 Å². The third kappa shape index (κ3) is 3.50. The van der Waals surface area contributed by atoms with Crippen molar-refractivity contribution in [3.05, 3.63) is 21.6 Å². The van der Waals surface area contributed by atoms with E-state index in [4.69, 9.17) is 0 Å². The highest BCUT2D eigenvalue weighted by Crippen LogP contribution is 2.17. The number of rotatable bonds is 4. The first-order chi connectivity index (χ1) is 8.12. The van der Waals surface area contributed by atoms with Crippen LogP contribution >= 0.6 is 0 Å². The number of hydrogen-bond donors (Lipinski definition) is 1. The van der Waals surface area contributed by atoms with Crippen LogP contribution in [0.2, 0.25) is 0 Å². The fraction of sp³-hybridized carbons (Fsp3) is 0.800. The van der Waals surface area contributed by atoms with Gasteiger partial charge in [-0.2, -0.15) is 0 Å².